The molecule has 0 bridgehead atoms. The molecule has 7 rings (SSSR count). The molecule has 10 heteroatoms. The molecule has 0 spiro atoms. The van der Waals surface area contributed by atoms with Gasteiger partial charge >= 0.3 is 0 Å². The summed E-state index contributed by atoms with van der Waals surface area (Å²) < 4.78 is 47.0. The number of piperidine rings is 1. The maximum atomic E-state index is 15.9. The molecule has 6 aromatic rings. The van der Waals surface area contributed by atoms with Crippen LogP contribution in [-0.4, -0.2) is 43.9 Å². The zero-order valence-corrected chi connectivity index (χ0v) is 23.8. The number of nitrogens with zero attached hydrogens (tertiary/aromatic N) is 5. The van der Waals surface area contributed by atoms with Crippen molar-refractivity contribution in [1.29, 1.82) is 0 Å². The molecule has 0 amide bonds. The number of nitrogens with two attached hydrogens (primary N) is 1. The Morgan fingerprint density at radius 1 is 0.907 bits per heavy atom. The lowest BCUT2D eigenvalue weighted by Crippen LogP contribution is -2.40. The van der Waals surface area contributed by atoms with Crippen LogP contribution in [0.2, 0.25) is 0 Å². The average molecular weight is 582 g/mol. The Hall–Kier alpha value is -4.70. The standard InChI is InChI=1S/C33H30F3N7/c1-18-3-4-29(38-14-18)19(2)43-17-27(25-13-30-21(11-28(25)36)15-40-41-30)31-32(42-7-5-24(37)6-8-42)26(16-39-33(31)43)20-9-22(34)12-23(35)10-20/h3-4,9-17,19,24H,5-8,37H2,1-2H3,(H,40,41)/t19-/m0/s1. The van der Waals surface area contributed by atoms with E-state index in [0.29, 0.717) is 57.3 Å². The Balaban J connectivity index is 1.56. The predicted molar refractivity (Wildman–Crippen MR) is 162 cm³/mol. The molecule has 0 saturated carbocycles. The fraction of sp³-hybridized carbons (Fsp3) is 0.242. The predicted octanol–water partition coefficient (Wildman–Crippen LogP) is 6.90. The molecule has 2 aromatic carbocycles. The largest absolute Gasteiger partial charge is 0.370 e. The molecule has 7 nitrogen and oxygen atoms in total. The quantitative estimate of drug-likeness (QED) is 0.231. The van der Waals surface area contributed by atoms with Gasteiger partial charge in [0.25, 0.3) is 0 Å². The van der Waals surface area contributed by atoms with Gasteiger partial charge in [-0.3, -0.25) is 10.1 Å². The molecule has 5 heterocycles. The highest BCUT2D eigenvalue weighted by Crippen LogP contribution is 2.45. The van der Waals surface area contributed by atoms with E-state index in [1.807, 2.05) is 42.9 Å². The van der Waals surface area contributed by atoms with Gasteiger partial charge in [0, 0.05) is 65.9 Å². The molecular formula is C33H30F3N7. The first-order valence-corrected chi connectivity index (χ1v) is 14.3. The number of hydrogen-bond acceptors (Lipinski definition) is 5. The van der Waals surface area contributed by atoms with Gasteiger partial charge in [-0.1, -0.05) is 6.07 Å². The van der Waals surface area contributed by atoms with Crippen LogP contribution in [0, 0.1) is 24.4 Å². The van der Waals surface area contributed by atoms with Gasteiger partial charge in [-0.05, 0) is 68.1 Å². The topological polar surface area (TPSA) is 88.7 Å². The lowest BCUT2D eigenvalue weighted by molar-refractivity contribution is 0.502. The summed E-state index contributed by atoms with van der Waals surface area (Å²) >= 11 is 0. The van der Waals surface area contributed by atoms with Gasteiger partial charge in [0.2, 0.25) is 0 Å². The second-order valence-electron chi connectivity index (χ2n) is 11.4. The van der Waals surface area contributed by atoms with Crippen LogP contribution in [0.25, 0.3) is 44.2 Å². The summed E-state index contributed by atoms with van der Waals surface area (Å²) in [6.45, 7) is 5.26. The van der Waals surface area contributed by atoms with E-state index in [1.54, 1.807) is 18.5 Å². The summed E-state index contributed by atoms with van der Waals surface area (Å²) in [5.41, 5.74) is 12.1. The van der Waals surface area contributed by atoms with Crippen LogP contribution in [-0.2, 0) is 0 Å². The van der Waals surface area contributed by atoms with E-state index in [4.69, 9.17) is 10.7 Å². The van der Waals surface area contributed by atoms with E-state index in [0.717, 1.165) is 35.9 Å². The Kier molecular flexibility index (Phi) is 6.65. The minimum absolute atomic E-state index is 0.0561. The molecule has 218 valence electrons. The fourth-order valence-electron chi connectivity index (χ4n) is 6.11. The highest BCUT2D eigenvalue weighted by atomic mass is 19.1. The van der Waals surface area contributed by atoms with Crippen molar-refractivity contribution >= 4 is 27.6 Å². The molecule has 1 fully saturated rings. The number of fused-ring (bicyclic) bond motifs is 2. The molecule has 1 saturated heterocycles. The van der Waals surface area contributed by atoms with Crippen molar-refractivity contribution in [3.63, 3.8) is 0 Å². The smallest absolute Gasteiger partial charge is 0.143 e. The van der Waals surface area contributed by atoms with Crippen LogP contribution < -0.4 is 10.6 Å². The molecule has 4 aromatic heterocycles. The molecule has 0 aliphatic carbocycles. The maximum absolute atomic E-state index is 15.9. The number of benzene rings is 2. The number of rotatable bonds is 5. The third-order valence-electron chi connectivity index (χ3n) is 8.44. The molecule has 0 radical (unpaired) electrons. The second-order valence-corrected chi connectivity index (χ2v) is 11.4. The van der Waals surface area contributed by atoms with Gasteiger partial charge in [0.05, 0.1) is 34.5 Å². The van der Waals surface area contributed by atoms with E-state index < -0.39 is 17.5 Å². The first kappa shape index (κ1) is 27.2. The SMILES string of the molecule is Cc1ccc([C@H](C)n2cc(-c3cc4[nH]ncc4cc3F)c3c(N4CCC(N)CC4)c(-c4cc(F)cc(F)c4)cnc32)nc1. The van der Waals surface area contributed by atoms with Crippen molar-refractivity contribution in [3.05, 3.63) is 96.0 Å². The Labute approximate surface area is 246 Å². The van der Waals surface area contributed by atoms with Crippen LogP contribution in [0.15, 0.2) is 67.3 Å². The van der Waals surface area contributed by atoms with Crippen molar-refractivity contribution < 1.29 is 13.2 Å². The third kappa shape index (κ3) is 4.81. The minimum Gasteiger partial charge on any atom is -0.370 e. The van der Waals surface area contributed by atoms with Gasteiger partial charge < -0.3 is 15.2 Å². The highest BCUT2D eigenvalue weighted by molar-refractivity contribution is 6.09. The van der Waals surface area contributed by atoms with E-state index >= 15 is 4.39 Å². The number of H-pyrrole nitrogens is 1. The number of hydrogen-bond donors (Lipinski definition) is 2. The molecule has 1 aliphatic heterocycles. The Morgan fingerprint density at radius 3 is 2.40 bits per heavy atom. The summed E-state index contributed by atoms with van der Waals surface area (Å²) in [6, 6.07) is 10.4. The van der Waals surface area contributed by atoms with Crippen molar-refractivity contribution in [1.82, 2.24) is 24.7 Å². The van der Waals surface area contributed by atoms with Gasteiger partial charge in [0.1, 0.15) is 23.1 Å². The van der Waals surface area contributed by atoms with Crippen LogP contribution in [0.1, 0.15) is 37.1 Å². The zero-order valence-electron chi connectivity index (χ0n) is 23.8. The van der Waals surface area contributed by atoms with Crippen molar-refractivity contribution in [2.24, 2.45) is 5.73 Å². The zero-order chi connectivity index (χ0) is 29.8. The normalized spacial score (nSPS) is 15.1. The number of aryl methyl sites for hydroxylation is 1. The van der Waals surface area contributed by atoms with E-state index in [1.165, 1.54) is 18.2 Å². The lowest BCUT2D eigenvalue weighted by atomic mass is 9.96. The Morgan fingerprint density at radius 2 is 1.67 bits per heavy atom. The molecule has 0 unspecified atom stereocenters. The highest BCUT2D eigenvalue weighted by Gasteiger charge is 2.28. The van der Waals surface area contributed by atoms with Crippen molar-refractivity contribution in [3.8, 4) is 22.3 Å². The molecule has 1 aliphatic rings. The average Bonchev–Trinajstić information content (AvgIpc) is 3.60. The summed E-state index contributed by atoms with van der Waals surface area (Å²) in [5.74, 6) is -1.79. The summed E-state index contributed by atoms with van der Waals surface area (Å²) in [5, 5.41) is 8.36. The Bertz CT molecular complexity index is 1950. The van der Waals surface area contributed by atoms with E-state index in [-0.39, 0.29) is 12.1 Å². The molecule has 43 heavy (non-hydrogen) atoms. The number of pyridine rings is 2. The van der Waals surface area contributed by atoms with E-state index in [2.05, 4.69) is 20.1 Å². The van der Waals surface area contributed by atoms with Crippen LogP contribution >= 0.6 is 0 Å². The fourth-order valence-corrected chi connectivity index (χ4v) is 6.11. The summed E-state index contributed by atoms with van der Waals surface area (Å²) in [6.07, 6.45) is 8.45. The molecule has 3 N–H and O–H groups in total. The number of anilines is 1. The monoisotopic (exact) mass is 581 g/mol. The summed E-state index contributed by atoms with van der Waals surface area (Å²) in [4.78, 5) is 11.7. The van der Waals surface area contributed by atoms with Crippen LogP contribution in [0.5, 0.6) is 0 Å². The van der Waals surface area contributed by atoms with Gasteiger partial charge in [-0.2, -0.15) is 5.10 Å². The van der Waals surface area contributed by atoms with Crippen molar-refractivity contribution in [2.75, 3.05) is 18.0 Å². The maximum Gasteiger partial charge on any atom is 0.143 e. The van der Waals surface area contributed by atoms with Crippen LogP contribution in [0.4, 0.5) is 18.9 Å². The first-order chi connectivity index (χ1) is 20.8. The van der Waals surface area contributed by atoms with Crippen LogP contribution in [0.3, 0.4) is 0 Å². The first-order valence-electron chi connectivity index (χ1n) is 14.3. The minimum atomic E-state index is -0.686. The van der Waals surface area contributed by atoms with Gasteiger partial charge in [-0.15, -0.1) is 0 Å². The van der Waals surface area contributed by atoms with E-state index in [9.17, 15) is 8.78 Å². The number of nitrogens with one attached hydrogen (secondary N) is 1. The summed E-state index contributed by atoms with van der Waals surface area (Å²) in [7, 11) is 0. The number of aromatic nitrogens is 5. The third-order valence-corrected chi connectivity index (χ3v) is 8.44. The number of aromatic amines is 1. The van der Waals surface area contributed by atoms with Gasteiger partial charge in [-0.25, -0.2) is 18.2 Å². The molecular weight excluding hydrogens is 551 g/mol. The van der Waals surface area contributed by atoms with Gasteiger partial charge in [0.15, 0.2) is 0 Å². The second kappa shape index (κ2) is 10.5. The lowest BCUT2D eigenvalue weighted by Gasteiger charge is -2.34. The molecule has 1 atom stereocenters. The van der Waals surface area contributed by atoms with Crippen molar-refractivity contribution in [2.45, 2.75) is 38.8 Å². The number of halogens is 3.